The van der Waals surface area contributed by atoms with Crippen molar-refractivity contribution in [3.63, 3.8) is 0 Å². The van der Waals surface area contributed by atoms with Crippen molar-refractivity contribution in [1.82, 2.24) is 0 Å². The number of hydrogen-bond donors (Lipinski definition) is 2. The summed E-state index contributed by atoms with van der Waals surface area (Å²) >= 11 is -3.27. The Labute approximate surface area is 154 Å². The van der Waals surface area contributed by atoms with Crippen molar-refractivity contribution in [2.75, 3.05) is 6.61 Å². The van der Waals surface area contributed by atoms with Gasteiger partial charge in [0.2, 0.25) is 0 Å². The Morgan fingerprint density at radius 2 is 1.00 bits per heavy atom. The number of carboxylic acids is 1. The third-order valence-corrected chi connectivity index (χ3v) is 4.96. The Bertz CT molecular complexity index is 280. The molecule has 0 aromatic rings. The number of carboxylic acid groups (broad SMARTS) is 1. The molecule has 0 unspecified atom stereocenters. The van der Waals surface area contributed by atoms with Crippen LogP contribution in [0.2, 0.25) is 0 Å². The van der Waals surface area contributed by atoms with E-state index in [1.165, 1.54) is 70.6 Å². The van der Waals surface area contributed by atoms with E-state index in [0.29, 0.717) is 13.0 Å². The average Bonchev–Trinajstić information content (AvgIpc) is 2.53. The summed E-state index contributed by atoms with van der Waals surface area (Å²) in [6.07, 6.45) is 18.3. The van der Waals surface area contributed by atoms with E-state index < -0.39 is 24.6 Å². The van der Waals surface area contributed by atoms with Gasteiger partial charge < -0.3 is 5.11 Å². The summed E-state index contributed by atoms with van der Waals surface area (Å²) in [7, 11) is 0. The van der Waals surface area contributed by atoms with E-state index in [4.69, 9.17) is 12.1 Å². The van der Waals surface area contributed by atoms with Gasteiger partial charge in [0.1, 0.15) is 0 Å². The second-order valence-electron chi connectivity index (χ2n) is 6.56. The molecular weight excluding hydrogens is 344 g/mol. The van der Waals surface area contributed by atoms with E-state index in [1.54, 1.807) is 0 Å². The molecule has 0 spiro atoms. The molecular formula is C18H36O5Ti. The van der Waals surface area contributed by atoms with Crippen LogP contribution in [0.5, 0.6) is 0 Å². The fourth-order valence-electron chi connectivity index (χ4n) is 2.84. The van der Waals surface area contributed by atoms with Gasteiger partial charge in [0.25, 0.3) is 0 Å². The number of unbranched alkanes of at least 4 members (excludes halogenated alkanes) is 14. The SMILES string of the molecule is O=C(O)CCCCCCCCCCCCCCCCC[O][Ti](=[O])[OH]. The minimum absolute atomic E-state index is 0.318. The summed E-state index contributed by atoms with van der Waals surface area (Å²) in [5.74, 6) is -0.676. The summed E-state index contributed by atoms with van der Waals surface area (Å²) in [4.78, 5) is 10.4. The van der Waals surface area contributed by atoms with Crippen molar-refractivity contribution in [2.45, 2.75) is 103 Å². The first-order valence-corrected chi connectivity index (χ1v) is 11.7. The molecule has 0 atom stereocenters. The number of rotatable bonds is 19. The van der Waals surface area contributed by atoms with E-state index in [1.807, 2.05) is 0 Å². The molecule has 0 heterocycles. The van der Waals surface area contributed by atoms with Crippen LogP contribution in [0.25, 0.3) is 0 Å². The third-order valence-electron chi connectivity index (χ3n) is 4.26. The van der Waals surface area contributed by atoms with Crippen molar-refractivity contribution in [2.24, 2.45) is 0 Å². The van der Waals surface area contributed by atoms with Gasteiger partial charge in [0, 0.05) is 6.42 Å². The van der Waals surface area contributed by atoms with Gasteiger partial charge in [-0.15, -0.1) is 0 Å². The Hall–Kier alpha value is -0.0957. The van der Waals surface area contributed by atoms with Gasteiger partial charge in [-0.25, -0.2) is 0 Å². The van der Waals surface area contributed by atoms with Crippen LogP contribution in [0, 0.1) is 0 Å². The van der Waals surface area contributed by atoms with Crippen molar-refractivity contribution >= 4 is 5.97 Å². The molecule has 0 aromatic heterocycles. The number of carbonyl (C=O) groups is 1. The normalized spacial score (nSPS) is 10.9. The summed E-state index contributed by atoms with van der Waals surface area (Å²) in [6, 6.07) is 0. The van der Waals surface area contributed by atoms with Gasteiger partial charge in [-0.1, -0.05) is 25.7 Å². The van der Waals surface area contributed by atoms with Crippen LogP contribution in [0.1, 0.15) is 103 Å². The summed E-state index contributed by atoms with van der Waals surface area (Å²) < 4.78 is 23.7. The van der Waals surface area contributed by atoms with Crippen LogP contribution in [0.3, 0.4) is 0 Å². The third kappa shape index (κ3) is 21.9. The Morgan fingerprint density at radius 3 is 1.33 bits per heavy atom. The van der Waals surface area contributed by atoms with E-state index >= 15 is 0 Å². The van der Waals surface area contributed by atoms with Crippen molar-refractivity contribution in [1.29, 1.82) is 0 Å². The first kappa shape index (κ1) is 23.9. The van der Waals surface area contributed by atoms with Crippen LogP contribution in [0.4, 0.5) is 0 Å². The molecule has 2 N–H and O–H groups in total. The molecule has 0 amide bonds. The topological polar surface area (TPSA) is 83.8 Å². The molecule has 0 bridgehead atoms. The van der Waals surface area contributed by atoms with Crippen molar-refractivity contribution in [3.8, 4) is 0 Å². The maximum atomic E-state index is 10.4. The monoisotopic (exact) mass is 380 g/mol. The summed E-state index contributed by atoms with van der Waals surface area (Å²) in [5, 5.41) is 8.53. The molecule has 6 heteroatoms. The number of aliphatic carboxylic acids is 1. The number of hydrogen-bond acceptors (Lipinski definition) is 3. The molecule has 0 aromatic carbocycles. The molecule has 0 fully saturated rings. The van der Waals surface area contributed by atoms with Crippen LogP contribution in [-0.2, 0) is 30.1 Å². The predicted octanol–water partition coefficient (Wildman–Crippen LogP) is 5.12. The van der Waals surface area contributed by atoms with Crippen molar-refractivity contribution < 1.29 is 38.8 Å². The fraction of sp³-hybridized carbons (Fsp3) is 0.944. The van der Waals surface area contributed by atoms with Crippen LogP contribution in [-0.4, -0.2) is 21.4 Å². The predicted molar refractivity (Wildman–Crippen MR) is 90.4 cm³/mol. The molecule has 24 heavy (non-hydrogen) atoms. The standard InChI is InChI=1S/C18H35O3.H2O.O.Ti/c19-17-15-13-11-9-7-5-3-1-2-4-6-8-10-12-14-16-18(20)21;;;/h1-17H2,(H,20,21);1H2;;/q-1;;;+2/p-1. The Balaban J connectivity index is 3.00. The second kappa shape index (κ2) is 19.2. The minimum atomic E-state index is -3.27. The first-order valence-electron chi connectivity index (χ1n) is 9.70. The van der Waals surface area contributed by atoms with E-state index in [0.717, 1.165) is 25.7 Å². The zero-order valence-electron chi connectivity index (χ0n) is 15.1. The molecule has 0 radical (unpaired) electrons. The van der Waals surface area contributed by atoms with Crippen molar-refractivity contribution in [3.05, 3.63) is 0 Å². The molecule has 0 rings (SSSR count). The molecule has 142 valence electrons. The molecule has 0 saturated heterocycles. The van der Waals surface area contributed by atoms with Crippen LogP contribution in [0.15, 0.2) is 0 Å². The fourth-order valence-corrected chi connectivity index (χ4v) is 3.33. The van der Waals surface area contributed by atoms with Crippen LogP contribution >= 0.6 is 0 Å². The zero-order valence-corrected chi connectivity index (χ0v) is 16.7. The van der Waals surface area contributed by atoms with E-state index in [9.17, 15) is 8.12 Å². The van der Waals surface area contributed by atoms with Gasteiger partial charge in [0.05, 0.1) is 0 Å². The van der Waals surface area contributed by atoms with Gasteiger partial charge >= 0.3 is 106 Å². The quantitative estimate of drug-likeness (QED) is 0.240. The summed E-state index contributed by atoms with van der Waals surface area (Å²) in [6.45, 7) is 0.439. The van der Waals surface area contributed by atoms with Gasteiger partial charge in [-0.2, -0.15) is 0 Å². The Morgan fingerprint density at radius 1 is 0.667 bits per heavy atom. The van der Waals surface area contributed by atoms with E-state index in [2.05, 4.69) is 0 Å². The molecule has 0 aliphatic heterocycles. The molecule has 0 aliphatic carbocycles. The summed E-state index contributed by atoms with van der Waals surface area (Å²) in [5.41, 5.74) is 0. The van der Waals surface area contributed by atoms with Crippen LogP contribution < -0.4 is 0 Å². The second-order valence-corrected chi connectivity index (χ2v) is 7.84. The average molecular weight is 380 g/mol. The van der Waals surface area contributed by atoms with Gasteiger partial charge in [0.15, 0.2) is 0 Å². The first-order chi connectivity index (χ1) is 11.6. The van der Waals surface area contributed by atoms with Gasteiger partial charge in [-0.3, -0.25) is 4.79 Å². The Kier molecular flexibility index (Phi) is 19.2. The molecule has 0 aliphatic rings. The van der Waals surface area contributed by atoms with E-state index in [-0.39, 0.29) is 0 Å². The molecule has 0 saturated carbocycles. The molecule has 5 nitrogen and oxygen atoms in total. The zero-order chi connectivity index (χ0) is 17.9. The maximum absolute atomic E-state index is 10.4. The van der Waals surface area contributed by atoms with Gasteiger partial charge in [-0.05, 0) is 6.42 Å².